The van der Waals surface area contributed by atoms with Crippen LogP contribution >= 0.6 is 23.2 Å². The number of hydrogen-bond donors (Lipinski definition) is 3. The summed E-state index contributed by atoms with van der Waals surface area (Å²) in [5.41, 5.74) is 6.81. The number of rotatable bonds is 11. The molecule has 2 aliphatic heterocycles. The topological polar surface area (TPSA) is 138 Å². The third-order valence-corrected chi connectivity index (χ3v) is 10.7. The van der Waals surface area contributed by atoms with Crippen LogP contribution in [0.3, 0.4) is 0 Å². The van der Waals surface area contributed by atoms with E-state index < -0.39 is 11.9 Å². The Balaban J connectivity index is 1.15. The van der Waals surface area contributed by atoms with Crippen molar-refractivity contribution in [2.24, 2.45) is 5.92 Å². The maximum absolute atomic E-state index is 13.6. The number of amides is 1. The van der Waals surface area contributed by atoms with E-state index in [0.29, 0.717) is 84.1 Å². The van der Waals surface area contributed by atoms with Gasteiger partial charge in [0.05, 0.1) is 34.3 Å². The second-order valence-electron chi connectivity index (χ2n) is 13.4. The van der Waals surface area contributed by atoms with Gasteiger partial charge in [0.2, 0.25) is 11.8 Å². The van der Waals surface area contributed by atoms with Gasteiger partial charge in [-0.25, -0.2) is 9.97 Å². The fourth-order valence-corrected chi connectivity index (χ4v) is 7.80. The molecule has 5 aromatic rings. The van der Waals surface area contributed by atoms with Crippen LogP contribution in [0.4, 0.5) is 0 Å². The Hall–Kier alpha value is -4.81. The number of fused-ring (bicyclic) bond motifs is 1. The van der Waals surface area contributed by atoms with Gasteiger partial charge in [0.25, 0.3) is 5.56 Å². The van der Waals surface area contributed by atoms with Crippen LogP contribution in [0.25, 0.3) is 39.2 Å². The van der Waals surface area contributed by atoms with Gasteiger partial charge in [0.15, 0.2) is 0 Å². The van der Waals surface area contributed by atoms with Crippen molar-refractivity contribution in [3.8, 4) is 39.4 Å². The lowest BCUT2D eigenvalue weighted by Gasteiger charge is -2.17. The van der Waals surface area contributed by atoms with Crippen LogP contribution in [-0.2, 0) is 22.7 Å². The molecule has 2 fully saturated rings. The van der Waals surface area contributed by atoms with Crippen molar-refractivity contribution in [2.45, 2.75) is 45.3 Å². The number of ether oxygens (including phenoxy) is 1. The summed E-state index contributed by atoms with van der Waals surface area (Å²) >= 11 is 14.3. The molecule has 2 atom stereocenters. The van der Waals surface area contributed by atoms with Crippen molar-refractivity contribution in [1.29, 1.82) is 0 Å². The van der Waals surface area contributed by atoms with Crippen LogP contribution in [0.2, 0.25) is 10.0 Å². The van der Waals surface area contributed by atoms with E-state index in [9.17, 15) is 19.5 Å². The van der Waals surface area contributed by atoms with E-state index in [1.54, 1.807) is 17.7 Å². The summed E-state index contributed by atoms with van der Waals surface area (Å²) in [4.78, 5) is 47.9. The van der Waals surface area contributed by atoms with E-state index >= 15 is 0 Å². The third-order valence-electron chi connectivity index (χ3n) is 9.87. The minimum absolute atomic E-state index is 0.0881. The van der Waals surface area contributed by atoms with Crippen molar-refractivity contribution in [2.75, 3.05) is 26.7 Å². The van der Waals surface area contributed by atoms with Gasteiger partial charge in [-0.15, -0.1) is 0 Å². The lowest BCUT2D eigenvalue weighted by atomic mass is 9.96. The molecule has 1 unspecified atom stereocenters. The van der Waals surface area contributed by atoms with Crippen molar-refractivity contribution in [3.63, 3.8) is 0 Å². The standard InChI is InChI=1S/C39H38Cl2N6O5/c1-22-15-25(16-33-43-18-26(38(49)47(22)33)21-46-14-13-24(20-46)39(50)51)28-5-3-6-29(35(28)40)30-7-4-8-31(36(30)41)32-11-9-23(37(45-32)52-2)17-42-19-27-10-12-34(48)44-27/h3-9,11,15-16,18,24,27,42H,10,12-14,17,19-21H2,1-2H3,(H,44,48)(H,50,51)/t24?,27-/m0/s1. The second-order valence-corrected chi connectivity index (χ2v) is 14.1. The summed E-state index contributed by atoms with van der Waals surface area (Å²) in [6.45, 7) is 4.43. The van der Waals surface area contributed by atoms with Crippen LogP contribution in [0.15, 0.2) is 71.7 Å². The van der Waals surface area contributed by atoms with Crippen LogP contribution in [0, 0.1) is 12.8 Å². The molecule has 52 heavy (non-hydrogen) atoms. The monoisotopic (exact) mass is 740 g/mol. The van der Waals surface area contributed by atoms with Gasteiger partial charge in [-0.3, -0.25) is 23.7 Å². The number of aliphatic carboxylic acids is 1. The number of benzene rings is 2. The van der Waals surface area contributed by atoms with Crippen LogP contribution < -0.4 is 20.9 Å². The number of hydrogen-bond acceptors (Lipinski definition) is 8. The zero-order valence-electron chi connectivity index (χ0n) is 28.8. The number of pyridine rings is 2. The number of carboxylic acids is 1. The molecule has 7 rings (SSSR count). The fraction of sp³-hybridized carbons (Fsp3) is 0.308. The first kappa shape index (κ1) is 35.6. The Labute approximate surface area is 310 Å². The van der Waals surface area contributed by atoms with Gasteiger partial charge in [0.1, 0.15) is 5.65 Å². The lowest BCUT2D eigenvalue weighted by Crippen LogP contribution is -2.35. The summed E-state index contributed by atoms with van der Waals surface area (Å²) < 4.78 is 7.23. The number of aromatic nitrogens is 3. The van der Waals surface area contributed by atoms with Gasteiger partial charge in [-0.2, -0.15) is 0 Å². The fourth-order valence-electron chi connectivity index (χ4n) is 7.14. The first-order valence-corrected chi connectivity index (χ1v) is 18.0. The molecular weight excluding hydrogens is 703 g/mol. The first-order chi connectivity index (χ1) is 25.1. The number of nitrogens with one attached hydrogen (secondary N) is 2. The van der Waals surface area contributed by atoms with Gasteiger partial charge in [-0.1, -0.05) is 65.7 Å². The molecular formula is C39H38Cl2N6O5. The third kappa shape index (κ3) is 7.14. The molecule has 3 N–H and O–H groups in total. The number of carbonyl (C=O) groups is 2. The van der Waals surface area contributed by atoms with Gasteiger partial charge < -0.3 is 20.5 Å². The molecule has 0 saturated carbocycles. The molecule has 2 aromatic carbocycles. The van der Waals surface area contributed by atoms with E-state index in [2.05, 4.69) is 15.6 Å². The first-order valence-electron chi connectivity index (χ1n) is 17.2. The van der Waals surface area contributed by atoms with E-state index in [1.807, 2.05) is 72.5 Å². The number of carbonyl (C=O) groups excluding carboxylic acids is 1. The number of nitrogens with zero attached hydrogens (tertiary/aromatic N) is 4. The molecule has 3 aromatic heterocycles. The molecule has 268 valence electrons. The molecule has 1 amide bonds. The summed E-state index contributed by atoms with van der Waals surface area (Å²) in [6, 6.07) is 19.3. The maximum Gasteiger partial charge on any atom is 0.307 e. The average Bonchev–Trinajstić information content (AvgIpc) is 3.78. The van der Waals surface area contributed by atoms with Crippen LogP contribution in [-0.4, -0.2) is 69.0 Å². The van der Waals surface area contributed by atoms with Gasteiger partial charge in [0, 0.05) is 78.3 Å². The van der Waals surface area contributed by atoms with Crippen LogP contribution in [0.5, 0.6) is 5.88 Å². The van der Waals surface area contributed by atoms with Crippen molar-refractivity contribution >= 4 is 40.7 Å². The molecule has 0 bridgehead atoms. The smallest absolute Gasteiger partial charge is 0.307 e. The molecule has 0 spiro atoms. The molecule has 0 aliphatic carbocycles. The van der Waals surface area contributed by atoms with E-state index in [-0.39, 0.29) is 17.5 Å². The van der Waals surface area contributed by atoms with Gasteiger partial charge in [-0.05, 0) is 50.1 Å². The number of aryl methyl sites for hydroxylation is 1. The minimum Gasteiger partial charge on any atom is -0.481 e. The quantitative estimate of drug-likeness (QED) is 0.149. The minimum atomic E-state index is -0.807. The summed E-state index contributed by atoms with van der Waals surface area (Å²) in [5, 5.41) is 16.7. The second kappa shape index (κ2) is 15.0. The Morgan fingerprint density at radius 2 is 1.73 bits per heavy atom. The highest BCUT2D eigenvalue weighted by Crippen LogP contribution is 2.42. The number of halogens is 2. The van der Waals surface area contributed by atoms with Gasteiger partial charge >= 0.3 is 5.97 Å². The zero-order valence-corrected chi connectivity index (χ0v) is 30.3. The zero-order chi connectivity index (χ0) is 36.5. The SMILES string of the molecule is COc1nc(-c2cccc(-c3cccc(-c4cc(C)n5c(=O)c(CN6CCC(C(=O)O)C6)cnc5c4)c3Cl)c2Cl)ccc1CNC[C@@H]1CCC(=O)N1. The Bertz CT molecular complexity index is 2260. The summed E-state index contributed by atoms with van der Waals surface area (Å²) in [5.74, 6) is -0.655. The Kier molecular flexibility index (Phi) is 10.3. The maximum atomic E-state index is 13.6. The van der Waals surface area contributed by atoms with Crippen molar-refractivity contribution in [1.82, 2.24) is 29.9 Å². The molecule has 11 nitrogen and oxygen atoms in total. The molecule has 2 saturated heterocycles. The average molecular weight is 742 g/mol. The summed E-state index contributed by atoms with van der Waals surface area (Å²) in [6.07, 6.45) is 3.53. The number of likely N-dealkylation sites (tertiary alicyclic amines) is 1. The van der Waals surface area contributed by atoms with E-state index in [4.69, 9.17) is 32.9 Å². The Morgan fingerprint density at radius 1 is 1.00 bits per heavy atom. The largest absolute Gasteiger partial charge is 0.481 e. The molecule has 0 radical (unpaired) electrons. The molecule has 2 aliphatic rings. The normalized spacial score (nSPS) is 17.5. The highest BCUT2D eigenvalue weighted by atomic mass is 35.5. The summed E-state index contributed by atoms with van der Waals surface area (Å²) in [7, 11) is 1.59. The van der Waals surface area contributed by atoms with E-state index in [1.165, 1.54) is 0 Å². The predicted molar refractivity (Wildman–Crippen MR) is 201 cm³/mol. The number of carboxylic acid groups (broad SMARTS) is 1. The van der Waals surface area contributed by atoms with Crippen molar-refractivity contribution in [3.05, 3.63) is 104 Å². The lowest BCUT2D eigenvalue weighted by molar-refractivity contribution is -0.141. The van der Waals surface area contributed by atoms with Crippen molar-refractivity contribution < 1.29 is 19.4 Å². The predicted octanol–water partition coefficient (Wildman–Crippen LogP) is 5.99. The Morgan fingerprint density at radius 3 is 2.42 bits per heavy atom. The molecule has 13 heteroatoms. The van der Waals surface area contributed by atoms with Crippen LogP contribution in [0.1, 0.15) is 36.1 Å². The number of methoxy groups -OCH3 is 1. The highest BCUT2D eigenvalue weighted by Gasteiger charge is 2.28. The van der Waals surface area contributed by atoms with E-state index in [0.717, 1.165) is 39.8 Å². The highest BCUT2D eigenvalue weighted by molar-refractivity contribution is 6.39. The molecule has 5 heterocycles.